The molecule has 0 spiro atoms. The van der Waals surface area contributed by atoms with Gasteiger partial charge in [0.1, 0.15) is 24.4 Å². The highest BCUT2D eigenvalue weighted by atomic mass is 16.7. The third-order valence-electron chi connectivity index (χ3n) is 19.2. The van der Waals surface area contributed by atoms with Crippen LogP contribution in [0.25, 0.3) is 0 Å². The number of nitrogens with one attached hydrogen (secondary N) is 1. The van der Waals surface area contributed by atoms with Crippen LogP contribution < -0.4 is 5.32 Å². The maximum Gasteiger partial charge on any atom is 0.305 e. The zero-order valence-electron chi connectivity index (χ0n) is 61.0. The Hall–Kier alpha value is -2.38. The second-order valence-electron chi connectivity index (χ2n) is 28.1. The maximum atomic E-state index is 13.1. The van der Waals surface area contributed by atoms with E-state index >= 15 is 0 Å². The highest BCUT2D eigenvalue weighted by molar-refractivity contribution is 5.76. The minimum atomic E-state index is -1.58. The fourth-order valence-corrected chi connectivity index (χ4v) is 12.8. The summed E-state index contributed by atoms with van der Waals surface area (Å²) in [5.74, 6) is -0.172. The molecule has 1 amide bonds. The Labute approximate surface area is 574 Å². The summed E-state index contributed by atoms with van der Waals surface area (Å²) in [7, 11) is 0. The number of hydrogen-bond acceptors (Lipinski definition) is 10. The molecule has 0 radical (unpaired) electrons. The Kier molecular flexibility index (Phi) is 67.6. The quantitative estimate of drug-likeness (QED) is 0.0195. The number of esters is 1. The van der Waals surface area contributed by atoms with Gasteiger partial charge >= 0.3 is 5.97 Å². The van der Waals surface area contributed by atoms with Crippen LogP contribution in [0.2, 0.25) is 0 Å². The Bertz CT molecular complexity index is 1690. The average Bonchev–Trinajstić information content (AvgIpc) is 1.11. The Morgan fingerprint density at radius 1 is 0.398 bits per heavy atom. The largest absolute Gasteiger partial charge is 0.466 e. The van der Waals surface area contributed by atoms with Crippen LogP contribution >= 0.6 is 0 Å². The lowest BCUT2D eigenvalue weighted by Crippen LogP contribution is -2.60. The van der Waals surface area contributed by atoms with E-state index < -0.39 is 49.5 Å². The van der Waals surface area contributed by atoms with E-state index in [4.69, 9.17) is 14.2 Å². The summed E-state index contributed by atoms with van der Waals surface area (Å²) < 4.78 is 16.8. The normalized spacial score (nSPS) is 17.7. The van der Waals surface area contributed by atoms with Crippen molar-refractivity contribution in [2.45, 2.75) is 442 Å². The molecule has 546 valence electrons. The van der Waals surface area contributed by atoms with Crippen molar-refractivity contribution in [1.82, 2.24) is 5.32 Å². The Morgan fingerprint density at radius 2 is 0.731 bits per heavy atom. The summed E-state index contributed by atoms with van der Waals surface area (Å²) in [5, 5.41) is 54.6. The van der Waals surface area contributed by atoms with Crippen LogP contribution in [0.15, 0.2) is 48.6 Å². The second-order valence-corrected chi connectivity index (χ2v) is 28.1. The van der Waals surface area contributed by atoms with Crippen LogP contribution in [0.1, 0.15) is 399 Å². The van der Waals surface area contributed by atoms with Gasteiger partial charge in [-0.2, -0.15) is 0 Å². The predicted molar refractivity (Wildman–Crippen MR) is 394 cm³/mol. The zero-order valence-corrected chi connectivity index (χ0v) is 61.0. The Balaban J connectivity index is 1.94. The van der Waals surface area contributed by atoms with Gasteiger partial charge in [-0.25, -0.2) is 0 Å². The molecule has 11 heteroatoms. The summed E-state index contributed by atoms with van der Waals surface area (Å²) in [6, 6.07) is -0.826. The van der Waals surface area contributed by atoms with Crippen LogP contribution in [-0.4, -0.2) is 100 Å². The summed E-state index contributed by atoms with van der Waals surface area (Å²) in [5.41, 5.74) is 0. The first-order chi connectivity index (χ1) is 45.7. The van der Waals surface area contributed by atoms with Crippen LogP contribution in [0.3, 0.4) is 0 Å². The molecule has 6 N–H and O–H groups in total. The molecule has 1 fully saturated rings. The molecule has 0 aliphatic carbocycles. The summed E-state index contributed by atoms with van der Waals surface area (Å²) in [6.45, 7) is 4.37. The molecule has 1 saturated heterocycles. The summed E-state index contributed by atoms with van der Waals surface area (Å²) >= 11 is 0. The maximum absolute atomic E-state index is 13.1. The molecule has 1 rings (SSSR count). The number of aliphatic hydroxyl groups excluding tert-OH is 5. The SMILES string of the molecule is CCCCCCCCCCC/C=C/CC/C=C/C(O)C(COC1OC(CO)C(O)C(O)C1O)NC(=O)CCCCCCCCCCCCCCCCCCC/C=C\C/C=C\CCCCCCCCCCCCCCCCCOC(=O)CCCCCCCCCCCCC. The van der Waals surface area contributed by atoms with E-state index in [1.165, 1.54) is 315 Å². The number of ether oxygens (including phenoxy) is 3. The molecule has 0 aromatic heterocycles. The fourth-order valence-electron chi connectivity index (χ4n) is 12.8. The number of rotatable bonds is 72. The van der Waals surface area contributed by atoms with Gasteiger partial charge in [0.15, 0.2) is 6.29 Å². The minimum Gasteiger partial charge on any atom is -0.466 e. The Morgan fingerprint density at radius 3 is 1.13 bits per heavy atom. The van der Waals surface area contributed by atoms with Gasteiger partial charge in [-0.1, -0.05) is 358 Å². The van der Waals surface area contributed by atoms with Crippen LogP contribution in [0, 0.1) is 0 Å². The molecular formula is C82H153NO10. The molecule has 1 aliphatic rings. The zero-order chi connectivity index (χ0) is 67.2. The van der Waals surface area contributed by atoms with Crippen molar-refractivity contribution in [3.05, 3.63) is 48.6 Å². The molecule has 0 aromatic rings. The molecule has 93 heavy (non-hydrogen) atoms. The van der Waals surface area contributed by atoms with Crippen molar-refractivity contribution in [2.24, 2.45) is 0 Å². The van der Waals surface area contributed by atoms with Crippen molar-refractivity contribution in [3.8, 4) is 0 Å². The standard InChI is InChI=1S/C82H153NO10/c1-3-5-7-9-11-13-15-16-42-45-49-52-56-60-64-68-75(85)74(73-92-82-81(90)80(89)79(88)76(72-84)93-82)83-77(86)69-65-61-57-53-50-46-43-40-38-36-34-32-30-28-26-24-22-20-18-17-19-21-23-25-27-29-31-33-35-37-39-41-44-47-51-55-59-63-67-71-91-78(87)70-66-62-58-54-48-14-12-10-8-6-4-2/h17-18,21,23,49,52,64,68,74-76,79-82,84-85,88-90H,3-16,19-20,22,24-48,50-51,53-63,65-67,69-73H2,1-2H3,(H,83,86)/b18-17-,23-21-,52-49+,68-64+. The van der Waals surface area contributed by atoms with E-state index in [0.717, 1.165) is 57.8 Å². The van der Waals surface area contributed by atoms with Crippen molar-refractivity contribution >= 4 is 11.9 Å². The van der Waals surface area contributed by atoms with Crippen molar-refractivity contribution in [2.75, 3.05) is 19.8 Å². The van der Waals surface area contributed by atoms with Crippen molar-refractivity contribution in [3.63, 3.8) is 0 Å². The van der Waals surface area contributed by atoms with Crippen LogP contribution in [-0.2, 0) is 23.8 Å². The van der Waals surface area contributed by atoms with E-state index in [1.54, 1.807) is 6.08 Å². The minimum absolute atomic E-state index is 0.0145. The fraction of sp³-hybridized carbons (Fsp3) is 0.878. The highest BCUT2D eigenvalue weighted by Gasteiger charge is 2.44. The van der Waals surface area contributed by atoms with E-state index in [0.29, 0.717) is 19.4 Å². The highest BCUT2D eigenvalue weighted by Crippen LogP contribution is 2.24. The summed E-state index contributed by atoms with van der Waals surface area (Å²) in [4.78, 5) is 25.1. The molecule has 0 bridgehead atoms. The third-order valence-corrected chi connectivity index (χ3v) is 19.2. The number of amides is 1. The van der Waals surface area contributed by atoms with Gasteiger partial charge in [-0.05, 0) is 77.0 Å². The van der Waals surface area contributed by atoms with E-state index in [2.05, 4.69) is 55.6 Å². The second kappa shape index (κ2) is 70.9. The smallest absolute Gasteiger partial charge is 0.305 e. The lowest BCUT2D eigenvalue weighted by Gasteiger charge is -2.40. The van der Waals surface area contributed by atoms with E-state index in [1.807, 2.05) is 6.08 Å². The number of aliphatic hydroxyl groups is 5. The van der Waals surface area contributed by atoms with Gasteiger partial charge in [-0.15, -0.1) is 0 Å². The first kappa shape index (κ1) is 88.6. The molecule has 7 unspecified atom stereocenters. The summed E-state index contributed by atoms with van der Waals surface area (Å²) in [6.07, 6.45) is 84.3. The number of allylic oxidation sites excluding steroid dienone is 7. The van der Waals surface area contributed by atoms with Gasteiger partial charge in [0, 0.05) is 12.8 Å². The first-order valence-corrected chi connectivity index (χ1v) is 40.4. The lowest BCUT2D eigenvalue weighted by atomic mass is 9.99. The first-order valence-electron chi connectivity index (χ1n) is 40.4. The molecule has 7 atom stereocenters. The number of carbonyl (C=O) groups excluding carboxylic acids is 2. The molecule has 1 heterocycles. The van der Waals surface area contributed by atoms with E-state index in [-0.39, 0.29) is 18.5 Å². The number of hydrogen-bond donors (Lipinski definition) is 6. The van der Waals surface area contributed by atoms with Gasteiger partial charge in [0.05, 0.1) is 32.0 Å². The average molecular weight is 1310 g/mol. The molecule has 11 nitrogen and oxygen atoms in total. The van der Waals surface area contributed by atoms with Crippen molar-refractivity contribution < 1.29 is 49.3 Å². The molecule has 0 saturated carbocycles. The van der Waals surface area contributed by atoms with Crippen molar-refractivity contribution in [1.29, 1.82) is 0 Å². The number of unbranched alkanes of at least 4 members (excludes halogenated alkanes) is 52. The van der Waals surface area contributed by atoms with Crippen LogP contribution in [0.4, 0.5) is 0 Å². The number of carbonyl (C=O) groups is 2. The van der Waals surface area contributed by atoms with Gasteiger partial charge in [-0.3, -0.25) is 9.59 Å². The third kappa shape index (κ3) is 59.4. The molecule has 0 aromatic carbocycles. The lowest BCUT2D eigenvalue weighted by molar-refractivity contribution is -0.302. The molecule has 1 aliphatic heterocycles. The predicted octanol–water partition coefficient (Wildman–Crippen LogP) is 21.9. The molecular weight excluding hydrogens is 1160 g/mol. The monoisotopic (exact) mass is 1310 g/mol. The van der Waals surface area contributed by atoms with Gasteiger partial charge in [0.25, 0.3) is 0 Å². The topological polar surface area (TPSA) is 175 Å². The van der Waals surface area contributed by atoms with Crippen LogP contribution in [0.5, 0.6) is 0 Å². The van der Waals surface area contributed by atoms with Gasteiger partial charge in [0.2, 0.25) is 5.91 Å². The van der Waals surface area contributed by atoms with E-state index in [9.17, 15) is 35.1 Å². The van der Waals surface area contributed by atoms with Gasteiger partial charge < -0.3 is 45.1 Å².